The maximum atomic E-state index is 2.20. The zero-order valence-corrected chi connectivity index (χ0v) is 7.49. The molecule has 0 saturated heterocycles. The van der Waals surface area contributed by atoms with Gasteiger partial charge in [-0.15, -0.1) is 0 Å². The van der Waals surface area contributed by atoms with E-state index in [9.17, 15) is 0 Å². The molecule has 0 unspecified atom stereocenters. The molecule has 1 aliphatic carbocycles. The molecule has 1 aromatic rings. The van der Waals surface area contributed by atoms with Crippen molar-refractivity contribution < 1.29 is 0 Å². The predicted octanol–water partition coefficient (Wildman–Crippen LogP) is 1.88. The fourth-order valence-electron chi connectivity index (χ4n) is 1.20. The molecular weight excluding hydrogens is 183 g/mol. The number of allylic oxidation sites excluding steroid dienone is 1. The molecule has 10 heavy (non-hydrogen) atoms. The van der Waals surface area contributed by atoms with Crippen LogP contribution in [0, 0.1) is 0 Å². The molecular formula is C9H8As. The number of fused-ring (bicyclic) bond motifs is 1. The molecule has 0 N–H and O–H groups in total. The van der Waals surface area contributed by atoms with Crippen LogP contribution in [0.4, 0.5) is 0 Å². The van der Waals surface area contributed by atoms with E-state index in [2.05, 4.69) is 36.4 Å². The standard InChI is InChI=1S/C9H8.As/c1-2-5-9-7-3-6-8(9)4-1;/h1-6H,7H2;. The van der Waals surface area contributed by atoms with Crippen LogP contribution in [-0.2, 0) is 6.42 Å². The average Bonchev–Trinajstić information content (AvgIpc) is 2.33. The van der Waals surface area contributed by atoms with E-state index in [1.54, 1.807) is 0 Å². The van der Waals surface area contributed by atoms with E-state index in [0.29, 0.717) is 0 Å². The van der Waals surface area contributed by atoms with Crippen LogP contribution in [-0.4, -0.2) is 18.0 Å². The fraction of sp³-hybridized carbons (Fsp3) is 0.111. The molecule has 0 aliphatic heterocycles. The van der Waals surface area contributed by atoms with Crippen LogP contribution in [0.25, 0.3) is 6.08 Å². The molecule has 49 valence electrons. The van der Waals surface area contributed by atoms with Gasteiger partial charge in [-0.1, -0.05) is 36.4 Å². The van der Waals surface area contributed by atoms with E-state index in [1.165, 1.54) is 11.1 Å². The third kappa shape index (κ3) is 1.17. The summed E-state index contributed by atoms with van der Waals surface area (Å²) < 4.78 is 0. The summed E-state index contributed by atoms with van der Waals surface area (Å²) in [7, 11) is 0. The van der Waals surface area contributed by atoms with Gasteiger partial charge in [-0.2, -0.15) is 0 Å². The van der Waals surface area contributed by atoms with Gasteiger partial charge in [0, 0.05) is 18.0 Å². The minimum atomic E-state index is 0. The van der Waals surface area contributed by atoms with Crippen molar-refractivity contribution in [2.24, 2.45) is 0 Å². The molecule has 0 saturated carbocycles. The molecule has 0 amide bonds. The first kappa shape index (κ1) is 7.62. The van der Waals surface area contributed by atoms with Gasteiger partial charge in [0.2, 0.25) is 0 Å². The van der Waals surface area contributed by atoms with Gasteiger partial charge in [0.15, 0.2) is 0 Å². The normalized spacial score (nSPS) is 12.4. The van der Waals surface area contributed by atoms with E-state index in [1.807, 2.05) is 0 Å². The third-order valence-electron chi connectivity index (χ3n) is 1.69. The van der Waals surface area contributed by atoms with Crippen LogP contribution in [0.1, 0.15) is 11.1 Å². The monoisotopic (exact) mass is 191 g/mol. The van der Waals surface area contributed by atoms with Crippen molar-refractivity contribution in [1.82, 2.24) is 0 Å². The topological polar surface area (TPSA) is 0 Å². The van der Waals surface area contributed by atoms with Crippen molar-refractivity contribution >= 4 is 24.0 Å². The summed E-state index contributed by atoms with van der Waals surface area (Å²) in [6.45, 7) is 0. The van der Waals surface area contributed by atoms with Crippen LogP contribution in [0.2, 0.25) is 0 Å². The smallest absolute Gasteiger partial charge is 0 e. The fourth-order valence-corrected chi connectivity index (χ4v) is 1.20. The first-order valence-corrected chi connectivity index (χ1v) is 3.21. The van der Waals surface area contributed by atoms with Gasteiger partial charge >= 0.3 is 0 Å². The molecule has 1 aromatic carbocycles. The second kappa shape index (κ2) is 3.07. The van der Waals surface area contributed by atoms with E-state index in [-0.39, 0.29) is 18.0 Å². The molecule has 1 aliphatic rings. The first-order valence-electron chi connectivity index (χ1n) is 3.21. The Balaban J connectivity index is 0.000000500. The van der Waals surface area contributed by atoms with Crippen molar-refractivity contribution in [3.05, 3.63) is 41.5 Å². The Morgan fingerprint density at radius 2 is 1.90 bits per heavy atom. The Labute approximate surface area is 72.3 Å². The van der Waals surface area contributed by atoms with Crippen molar-refractivity contribution in [1.29, 1.82) is 0 Å². The maximum Gasteiger partial charge on any atom is 0 e. The first-order chi connectivity index (χ1) is 4.47. The minimum Gasteiger partial charge on any atom is -0.0795 e. The maximum absolute atomic E-state index is 2.20. The average molecular weight is 191 g/mol. The summed E-state index contributed by atoms with van der Waals surface area (Å²) in [5.74, 6) is 0. The van der Waals surface area contributed by atoms with Gasteiger partial charge in [0.05, 0.1) is 0 Å². The van der Waals surface area contributed by atoms with Crippen molar-refractivity contribution in [2.45, 2.75) is 6.42 Å². The van der Waals surface area contributed by atoms with E-state index >= 15 is 0 Å². The van der Waals surface area contributed by atoms with Gasteiger partial charge in [-0.05, 0) is 17.5 Å². The Morgan fingerprint density at radius 1 is 1.10 bits per heavy atom. The largest absolute Gasteiger partial charge is 0.0795 e. The number of hydrogen-bond donors (Lipinski definition) is 0. The molecule has 0 heterocycles. The second-order valence-electron chi connectivity index (χ2n) is 2.31. The van der Waals surface area contributed by atoms with Gasteiger partial charge in [0.1, 0.15) is 0 Å². The molecule has 2 rings (SSSR count). The molecule has 0 aromatic heterocycles. The van der Waals surface area contributed by atoms with Crippen molar-refractivity contribution in [3.63, 3.8) is 0 Å². The molecule has 0 fully saturated rings. The van der Waals surface area contributed by atoms with Gasteiger partial charge < -0.3 is 0 Å². The van der Waals surface area contributed by atoms with E-state index in [4.69, 9.17) is 0 Å². The Bertz CT molecular complexity index is 251. The Hall–Kier alpha value is -0.482. The SMILES string of the molecule is C1=Cc2ccccc2C1.[As]. The molecule has 0 nitrogen and oxygen atoms in total. The van der Waals surface area contributed by atoms with Gasteiger partial charge in [0.25, 0.3) is 0 Å². The van der Waals surface area contributed by atoms with E-state index < -0.39 is 0 Å². The molecule has 1 heteroatoms. The summed E-state index contributed by atoms with van der Waals surface area (Å²) in [4.78, 5) is 0. The molecule has 0 atom stereocenters. The van der Waals surface area contributed by atoms with Gasteiger partial charge in [-0.25, -0.2) is 0 Å². The van der Waals surface area contributed by atoms with E-state index in [0.717, 1.165) is 6.42 Å². The zero-order chi connectivity index (χ0) is 6.10. The van der Waals surface area contributed by atoms with Crippen LogP contribution in [0.15, 0.2) is 30.3 Å². The summed E-state index contributed by atoms with van der Waals surface area (Å²) >= 11 is 0. The number of rotatable bonds is 0. The van der Waals surface area contributed by atoms with Crippen LogP contribution >= 0.6 is 0 Å². The summed E-state index contributed by atoms with van der Waals surface area (Å²) in [6, 6.07) is 8.49. The van der Waals surface area contributed by atoms with Gasteiger partial charge in [-0.3, -0.25) is 0 Å². The molecule has 3 radical (unpaired) electrons. The third-order valence-corrected chi connectivity index (χ3v) is 1.69. The predicted molar refractivity (Wildman–Crippen MR) is 44.9 cm³/mol. The van der Waals surface area contributed by atoms with Crippen molar-refractivity contribution in [3.8, 4) is 0 Å². The van der Waals surface area contributed by atoms with Crippen molar-refractivity contribution in [2.75, 3.05) is 0 Å². The summed E-state index contributed by atoms with van der Waals surface area (Å²) in [6.07, 6.45) is 5.50. The molecule has 0 spiro atoms. The number of benzene rings is 1. The Kier molecular flexibility index (Phi) is 2.34. The Morgan fingerprint density at radius 3 is 2.70 bits per heavy atom. The summed E-state index contributed by atoms with van der Waals surface area (Å²) in [5, 5.41) is 0. The van der Waals surface area contributed by atoms with Crippen LogP contribution < -0.4 is 0 Å². The zero-order valence-electron chi connectivity index (χ0n) is 5.62. The number of hydrogen-bond acceptors (Lipinski definition) is 0. The van der Waals surface area contributed by atoms with Crippen LogP contribution in [0.3, 0.4) is 0 Å². The quantitative estimate of drug-likeness (QED) is 0.549. The van der Waals surface area contributed by atoms with Crippen LogP contribution in [0.5, 0.6) is 0 Å². The molecule has 0 bridgehead atoms. The summed E-state index contributed by atoms with van der Waals surface area (Å²) in [5.41, 5.74) is 2.84. The second-order valence-corrected chi connectivity index (χ2v) is 2.31. The minimum absolute atomic E-state index is 0.